The maximum absolute atomic E-state index is 12.0. The van der Waals surface area contributed by atoms with Crippen molar-refractivity contribution < 1.29 is 19.6 Å². The molecule has 0 aromatic heterocycles. The molecule has 0 aliphatic carbocycles. The highest BCUT2D eigenvalue weighted by Crippen LogP contribution is 2.26. The molecule has 0 fully saturated rings. The highest BCUT2D eigenvalue weighted by atomic mass is 16.6. The van der Waals surface area contributed by atoms with Gasteiger partial charge < -0.3 is 9.84 Å². The van der Waals surface area contributed by atoms with Gasteiger partial charge in [0.15, 0.2) is 11.5 Å². The van der Waals surface area contributed by atoms with Crippen molar-refractivity contribution in [1.82, 2.24) is 5.43 Å². The first-order valence-corrected chi connectivity index (χ1v) is 6.89. The Hall–Kier alpha value is -3.42. The predicted octanol–water partition coefficient (Wildman–Crippen LogP) is 2.46. The molecular weight excluding hydrogens is 314 g/mol. The lowest BCUT2D eigenvalue weighted by Crippen LogP contribution is -2.19. The smallest absolute Gasteiger partial charge is 0.271 e. The standard InChI is InChI=1S/C16H15N3O5/c1-10(11-6-7-14(20)15(9-11)24-2)17-18-16(21)12-4-3-5-13(8-12)19(22)23/h3-9,20H,1-2H3,(H,18,21)/b17-10+. The number of rotatable bonds is 5. The van der Waals surface area contributed by atoms with Crippen molar-refractivity contribution in [3.05, 3.63) is 63.7 Å². The van der Waals surface area contributed by atoms with Crippen LogP contribution in [0.15, 0.2) is 47.6 Å². The van der Waals surface area contributed by atoms with E-state index in [4.69, 9.17) is 4.74 Å². The summed E-state index contributed by atoms with van der Waals surface area (Å²) >= 11 is 0. The van der Waals surface area contributed by atoms with Gasteiger partial charge in [0.05, 0.1) is 17.7 Å². The largest absolute Gasteiger partial charge is 0.504 e. The number of nitro groups is 1. The van der Waals surface area contributed by atoms with E-state index in [2.05, 4.69) is 10.5 Å². The second kappa shape index (κ2) is 7.23. The van der Waals surface area contributed by atoms with E-state index in [9.17, 15) is 20.0 Å². The zero-order valence-corrected chi connectivity index (χ0v) is 13.0. The van der Waals surface area contributed by atoms with Crippen LogP contribution in [-0.4, -0.2) is 28.8 Å². The summed E-state index contributed by atoms with van der Waals surface area (Å²) in [6, 6.07) is 10.0. The number of phenolic OH excluding ortho intramolecular Hbond substituents is 1. The van der Waals surface area contributed by atoms with Gasteiger partial charge in [-0.1, -0.05) is 6.07 Å². The number of methoxy groups -OCH3 is 1. The van der Waals surface area contributed by atoms with E-state index in [0.29, 0.717) is 11.3 Å². The van der Waals surface area contributed by atoms with E-state index >= 15 is 0 Å². The molecule has 124 valence electrons. The Bertz CT molecular complexity index is 817. The van der Waals surface area contributed by atoms with Crippen LogP contribution in [0.2, 0.25) is 0 Å². The van der Waals surface area contributed by atoms with Crippen molar-refractivity contribution in [2.45, 2.75) is 6.92 Å². The van der Waals surface area contributed by atoms with Gasteiger partial charge >= 0.3 is 0 Å². The van der Waals surface area contributed by atoms with Crippen molar-refractivity contribution in [2.24, 2.45) is 5.10 Å². The minimum Gasteiger partial charge on any atom is -0.504 e. The van der Waals surface area contributed by atoms with E-state index in [1.165, 1.54) is 37.4 Å². The molecule has 0 heterocycles. The van der Waals surface area contributed by atoms with Crippen LogP contribution < -0.4 is 10.2 Å². The lowest BCUT2D eigenvalue weighted by atomic mass is 10.1. The average Bonchev–Trinajstić information content (AvgIpc) is 2.59. The molecule has 8 heteroatoms. The van der Waals surface area contributed by atoms with Crippen LogP contribution in [-0.2, 0) is 0 Å². The molecule has 2 N–H and O–H groups in total. The third-order valence-corrected chi connectivity index (χ3v) is 3.24. The summed E-state index contributed by atoms with van der Waals surface area (Å²) < 4.78 is 5.01. The van der Waals surface area contributed by atoms with Crippen LogP contribution in [0.3, 0.4) is 0 Å². The number of ether oxygens (including phenoxy) is 1. The fraction of sp³-hybridized carbons (Fsp3) is 0.125. The number of benzene rings is 2. The topological polar surface area (TPSA) is 114 Å². The maximum Gasteiger partial charge on any atom is 0.271 e. The number of aromatic hydroxyl groups is 1. The summed E-state index contributed by atoms with van der Waals surface area (Å²) in [5, 5.41) is 24.3. The molecule has 0 spiro atoms. The highest BCUT2D eigenvalue weighted by Gasteiger charge is 2.11. The Morgan fingerprint density at radius 1 is 1.25 bits per heavy atom. The zero-order chi connectivity index (χ0) is 17.7. The van der Waals surface area contributed by atoms with Gasteiger partial charge in [0.25, 0.3) is 11.6 Å². The minimum atomic E-state index is -0.575. The molecule has 0 atom stereocenters. The number of carbonyl (C=O) groups is 1. The summed E-state index contributed by atoms with van der Waals surface area (Å²) in [4.78, 5) is 22.2. The SMILES string of the molecule is COc1cc(/C(C)=N/NC(=O)c2cccc([N+](=O)[O-])c2)ccc1O. The molecule has 0 saturated carbocycles. The molecular formula is C16H15N3O5. The molecule has 24 heavy (non-hydrogen) atoms. The van der Waals surface area contributed by atoms with Gasteiger partial charge in [-0.3, -0.25) is 14.9 Å². The number of carbonyl (C=O) groups excluding carboxylic acids is 1. The van der Waals surface area contributed by atoms with Crippen molar-refractivity contribution in [2.75, 3.05) is 7.11 Å². The Morgan fingerprint density at radius 3 is 2.67 bits per heavy atom. The van der Waals surface area contributed by atoms with E-state index < -0.39 is 10.8 Å². The first-order valence-electron chi connectivity index (χ1n) is 6.89. The average molecular weight is 329 g/mol. The maximum atomic E-state index is 12.0. The van der Waals surface area contributed by atoms with Crippen LogP contribution >= 0.6 is 0 Å². The Labute approximate surface area is 137 Å². The van der Waals surface area contributed by atoms with Gasteiger partial charge in [0.1, 0.15) is 0 Å². The van der Waals surface area contributed by atoms with E-state index in [0.717, 1.165) is 0 Å². The molecule has 0 aliphatic heterocycles. The Kier molecular flexibility index (Phi) is 5.10. The van der Waals surface area contributed by atoms with Gasteiger partial charge in [0, 0.05) is 23.3 Å². The van der Waals surface area contributed by atoms with Crippen molar-refractivity contribution in [1.29, 1.82) is 0 Å². The lowest BCUT2D eigenvalue weighted by Gasteiger charge is -2.07. The van der Waals surface area contributed by atoms with Crippen LogP contribution in [0.1, 0.15) is 22.8 Å². The Morgan fingerprint density at radius 2 is 2.00 bits per heavy atom. The molecule has 2 aromatic carbocycles. The number of hydrazone groups is 1. The molecule has 0 aliphatic rings. The van der Waals surface area contributed by atoms with Gasteiger partial charge in [-0.15, -0.1) is 0 Å². The fourth-order valence-electron chi connectivity index (χ4n) is 1.93. The number of phenols is 1. The molecule has 8 nitrogen and oxygen atoms in total. The molecule has 0 radical (unpaired) electrons. The zero-order valence-electron chi connectivity index (χ0n) is 13.0. The fourth-order valence-corrected chi connectivity index (χ4v) is 1.93. The number of amides is 1. The Balaban J connectivity index is 2.16. The second-order valence-electron chi connectivity index (χ2n) is 4.83. The summed E-state index contributed by atoms with van der Waals surface area (Å²) in [5.41, 5.74) is 3.41. The molecule has 2 rings (SSSR count). The first kappa shape index (κ1) is 16.9. The molecule has 0 saturated heterocycles. The first-order chi connectivity index (χ1) is 11.4. The molecule has 0 bridgehead atoms. The second-order valence-corrected chi connectivity index (χ2v) is 4.83. The van der Waals surface area contributed by atoms with Gasteiger partial charge in [0.2, 0.25) is 0 Å². The highest BCUT2D eigenvalue weighted by molar-refractivity contribution is 6.01. The van der Waals surface area contributed by atoms with Gasteiger partial charge in [-0.2, -0.15) is 5.10 Å². The number of nitrogens with one attached hydrogen (secondary N) is 1. The monoisotopic (exact) mass is 329 g/mol. The number of non-ortho nitro benzene ring substituents is 1. The summed E-state index contributed by atoms with van der Waals surface area (Å²) in [5.74, 6) is -0.287. The van der Waals surface area contributed by atoms with Crippen LogP contribution in [0.25, 0.3) is 0 Å². The van der Waals surface area contributed by atoms with Crippen LogP contribution in [0.5, 0.6) is 11.5 Å². The van der Waals surface area contributed by atoms with E-state index in [1.807, 2.05) is 0 Å². The third kappa shape index (κ3) is 3.86. The summed E-state index contributed by atoms with van der Waals surface area (Å²) in [6.07, 6.45) is 0. The molecule has 0 unspecified atom stereocenters. The number of nitrogens with zero attached hydrogens (tertiary/aromatic N) is 2. The number of hydrogen-bond acceptors (Lipinski definition) is 6. The predicted molar refractivity (Wildman–Crippen MR) is 87.4 cm³/mol. The normalized spacial score (nSPS) is 11.0. The molecule has 2 aromatic rings. The lowest BCUT2D eigenvalue weighted by molar-refractivity contribution is -0.384. The summed E-state index contributed by atoms with van der Waals surface area (Å²) in [7, 11) is 1.43. The van der Waals surface area contributed by atoms with Gasteiger partial charge in [-0.25, -0.2) is 5.43 Å². The quantitative estimate of drug-likeness (QED) is 0.497. The van der Waals surface area contributed by atoms with Crippen molar-refractivity contribution in [3.8, 4) is 11.5 Å². The van der Waals surface area contributed by atoms with Gasteiger partial charge in [-0.05, 0) is 31.2 Å². The van der Waals surface area contributed by atoms with Crippen molar-refractivity contribution in [3.63, 3.8) is 0 Å². The van der Waals surface area contributed by atoms with E-state index in [1.54, 1.807) is 19.1 Å². The third-order valence-electron chi connectivity index (χ3n) is 3.24. The minimum absolute atomic E-state index is 0.00493. The van der Waals surface area contributed by atoms with Crippen LogP contribution in [0, 0.1) is 10.1 Å². The van der Waals surface area contributed by atoms with Crippen LogP contribution in [0.4, 0.5) is 5.69 Å². The number of nitro benzene ring substituents is 1. The van der Waals surface area contributed by atoms with E-state index in [-0.39, 0.29) is 22.7 Å². The van der Waals surface area contributed by atoms with Crippen molar-refractivity contribution >= 4 is 17.3 Å². The molecule has 1 amide bonds. The number of hydrogen-bond donors (Lipinski definition) is 2. The summed E-state index contributed by atoms with van der Waals surface area (Å²) in [6.45, 7) is 1.67.